The molecule has 0 unspecified atom stereocenters. The summed E-state index contributed by atoms with van der Waals surface area (Å²) in [7, 11) is 1.68. The van der Waals surface area contributed by atoms with Crippen LogP contribution in [-0.4, -0.2) is 54.2 Å². The van der Waals surface area contributed by atoms with Crippen LogP contribution in [0.1, 0.15) is 42.4 Å². The molecule has 1 N–H and O–H groups in total. The number of carbonyl (C=O) groups excluding carboxylic acids is 3. The van der Waals surface area contributed by atoms with Gasteiger partial charge in [-0.05, 0) is 57.6 Å². The van der Waals surface area contributed by atoms with Gasteiger partial charge in [0.2, 0.25) is 17.7 Å². The van der Waals surface area contributed by atoms with E-state index in [9.17, 15) is 14.4 Å². The molecule has 0 bridgehead atoms. The van der Waals surface area contributed by atoms with Gasteiger partial charge in [0.05, 0.1) is 6.54 Å². The molecule has 1 aromatic carbocycles. The topological polar surface area (TPSA) is 69.7 Å². The van der Waals surface area contributed by atoms with Crippen LogP contribution in [0.25, 0.3) is 0 Å². The van der Waals surface area contributed by atoms with E-state index in [1.165, 1.54) is 4.90 Å². The van der Waals surface area contributed by atoms with Crippen LogP contribution >= 0.6 is 0 Å². The summed E-state index contributed by atoms with van der Waals surface area (Å²) < 4.78 is 0. The van der Waals surface area contributed by atoms with Crippen LogP contribution in [0.15, 0.2) is 12.1 Å². The number of amides is 3. The monoisotopic (exact) mass is 385 g/mol. The van der Waals surface area contributed by atoms with Crippen molar-refractivity contribution >= 4 is 23.4 Å². The lowest BCUT2D eigenvalue weighted by Crippen LogP contribution is -2.45. The van der Waals surface area contributed by atoms with Crippen LogP contribution in [0.4, 0.5) is 5.69 Å². The summed E-state index contributed by atoms with van der Waals surface area (Å²) in [6.07, 6.45) is 3.38. The fraction of sp³-hybridized carbons (Fsp3) is 0.591. The van der Waals surface area contributed by atoms with Crippen LogP contribution in [0, 0.1) is 32.6 Å². The standard InChI is InChI=1S/C22H31N3O3/c1-14-11-15(2)20(16(3)12-14)23-19(26)13-24(4)21(27)18-7-9-25(10-8-18)22(28)17-5-6-17/h11-12,17-18H,5-10,13H2,1-4H3,(H,23,26). The molecule has 1 aromatic rings. The zero-order valence-electron chi connectivity index (χ0n) is 17.4. The normalized spacial score (nSPS) is 17.4. The minimum absolute atomic E-state index is 0.00831. The molecule has 0 spiro atoms. The van der Waals surface area contributed by atoms with Crippen LogP contribution in [0.3, 0.4) is 0 Å². The van der Waals surface area contributed by atoms with Crippen molar-refractivity contribution in [3.8, 4) is 0 Å². The molecule has 0 aromatic heterocycles. The third kappa shape index (κ3) is 4.72. The molecule has 3 rings (SSSR count). The van der Waals surface area contributed by atoms with E-state index in [0.717, 1.165) is 35.2 Å². The Morgan fingerprint density at radius 3 is 2.11 bits per heavy atom. The summed E-state index contributed by atoms with van der Waals surface area (Å²) in [6.45, 7) is 7.30. The zero-order chi connectivity index (χ0) is 20.4. The second-order valence-electron chi connectivity index (χ2n) is 8.39. The van der Waals surface area contributed by atoms with Gasteiger partial charge in [0, 0.05) is 37.7 Å². The fourth-order valence-electron chi connectivity index (χ4n) is 4.10. The highest BCUT2D eigenvalue weighted by Gasteiger charge is 2.36. The number of likely N-dealkylation sites (tertiary alicyclic amines) is 1. The van der Waals surface area contributed by atoms with Gasteiger partial charge in [-0.2, -0.15) is 0 Å². The van der Waals surface area contributed by atoms with Crippen molar-refractivity contribution in [3.63, 3.8) is 0 Å². The Kier molecular flexibility index (Phi) is 6.06. The van der Waals surface area contributed by atoms with Gasteiger partial charge in [-0.1, -0.05) is 17.7 Å². The largest absolute Gasteiger partial charge is 0.342 e. The summed E-state index contributed by atoms with van der Waals surface area (Å²) in [5.74, 6) is 0.178. The summed E-state index contributed by atoms with van der Waals surface area (Å²) in [5.41, 5.74) is 4.02. The third-order valence-corrected chi connectivity index (χ3v) is 5.78. The number of likely N-dealkylation sites (N-methyl/N-ethyl adjacent to an activating group) is 1. The van der Waals surface area contributed by atoms with Crippen molar-refractivity contribution in [2.45, 2.75) is 46.5 Å². The summed E-state index contributed by atoms with van der Waals surface area (Å²) in [4.78, 5) is 40.7. The molecular formula is C22H31N3O3. The summed E-state index contributed by atoms with van der Waals surface area (Å²) in [6, 6.07) is 4.07. The van der Waals surface area contributed by atoms with Gasteiger partial charge >= 0.3 is 0 Å². The number of hydrogen-bond donors (Lipinski definition) is 1. The predicted octanol–water partition coefficient (Wildman–Crippen LogP) is 2.66. The minimum atomic E-state index is -0.188. The summed E-state index contributed by atoms with van der Waals surface area (Å²) >= 11 is 0. The lowest BCUT2D eigenvalue weighted by molar-refractivity contribution is -0.141. The molecule has 1 aliphatic heterocycles. The number of anilines is 1. The average molecular weight is 386 g/mol. The molecule has 1 saturated heterocycles. The SMILES string of the molecule is Cc1cc(C)c(NC(=O)CN(C)C(=O)C2CCN(C(=O)C3CC3)CC2)c(C)c1. The van der Waals surface area contributed by atoms with E-state index in [1.54, 1.807) is 7.05 Å². The van der Waals surface area contributed by atoms with Gasteiger partial charge in [-0.3, -0.25) is 14.4 Å². The third-order valence-electron chi connectivity index (χ3n) is 5.78. The summed E-state index contributed by atoms with van der Waals surface area (Å²) in [5, 5.41) is 2.95. The molecule has 1 heterocycles. The van der Waals surface area contributed by atoms with Gasteiger partial charge in [0.25, 0.3) is 0 Å². The van der Waals surface area contributed by atoms with E-state index >= 15 is 0 Å². The minimum Gasteiger partial charge on any atom is -0.342 e. The number of hydrogen-bond acceptors (Lipinski definition) is 3. The maximum Gasteiger partial charge on any atom is 0.243 e. The Balaban J connectivity index is 1.50. The van der Waals surface area contributed by atoms with Crippen molar-refractivity contribution in [2.75, 3.05) is 32.0 Å². The quantitative estimate of drug-likeness (QED) is 0.847. The molecule has 0 radical (unpaired) electrons. The second-order valence-corrected chi connectivity index (χ2v) is 8.39. The van der Waals surface area contributed by atoms with Crippen molar-refractivity contribution in [1.29, 1.82) is 0 Å². The first kappa shape index (κ1) is 20.4. The first-order valence-corrected chi connectivity index (χ1v) is 10.2. The number of rotatable bonds is 5. The van der Waals surface area contributed by atoms with Crippen molar-refractivity contribution in [3.05, 3.63) is 28.8 Å². The Morgan fingerprint density at radius 1 is 1.00 bits per heavy atom. The zero-order valence-corrected chi connectivity index (χ0v) is 17.4. The van der Waals surface area contributed by atoms with E-state index in [1.807, 2.05) is 37.8 Å². The van der Waals surface area contributed by atoms with E-state index in [2.05, 4.69) is 5.32 Å². The smallest absolute Gasteiger partial charge is 0.243 e. The van der Waals surface area contributed by atoms with Crippen LogP contribution in [0.5, 0.6) is 0 Å². The number of nitrogens with one attached hydrogen (secondary N) is 1. The molecular weight excluding hydrogens is 354 g/mol. The molecule has 6 heteroatoms. The maximum absolute atomic E-state index is 12.7. The van der Waals surface area contributed by atoms with Gasteiger partial charge in [-0.25, -0.2) is 0 Å². The Hall–Kier alpha value is -2.37. The number of aryl methyl sites for hydroxylation is 3. The van der Waals surface area contributed by atoms with E-state index in [-0.39, 0.29) is 36.1 Å². The highest BCUT2D eigenvalue weighted by molar-refractivity contribution is 5.96. The first-order chi connectivity index (χ1) is 13.3. The Bertz CT molecular complexity index is 754. The molecule has 152 valence electrons. The van der Waals surface area contributed by atoms with Gasteiger partial charge < -0.3 is 15.1 Å². The molecule has 1 aliphatic carbocycles. The van der Waals surface area contributed by atoms with Gasteiger partial charge in [0.1, 0.15) is 0 Å². The second kappa shape index (κ2) is 8.33. The van der Waals surface area contributed by atoms with E-state index in [4.69, 9.17) is 0 Å². The number of carbonyl (C=O) groups is 3. The average Bonchev–Trinajstić information content (AvgIpc) is 3.48. The number of piperidine rings is 1. The maximum atomic E-state index is 12.7. The molecule has 2 fully saturated rings. The number of nitrogens with zero attached hydrogens (tertiary/aromatic N) is 2. The lowest BCUT2D eigenvalue weighted by atomic mass is 9.95. The predicted molar refractivity (Wildman–Crippen MR) is 109 cm³/mol. The number of benzene rings is 1. The highest BCUT2D eigenvalue weighted by atomic mass is 16.2. The van der Waals surface area contributed by atoms with Crippen LogP contribution in [0.2, 0.25) is 0 Å². The molecule has 3 amide bonds. The van der Waals surface area contributed by atoms with E-state index < -0.39 is 0 Å². The van der Waals surface area contributed by atoms with Gasteiger partial charge in [-0.15, -0.1) is 0 Å². The van der Waals surface area contributed by atoms with E-state index in [0.29, 0.717) is 25.9 Å². The Morgan fingerprint density at radius 2 is 1.57 bits per heavy atom. The van der Waals surface area contributed by atoms with Crippen LogP contribution < -0.4 is 5.32 Å². The van der Waals surface area contributed by atoms with Crippen molar-refractivity contribution < 1.29 is 14.4 Å². The molecule has 6 nitrogen and oxygen atoms in total. The highest BCUT2D eigenvalue weighted by Crippen LogP contribution is 2.32. The first-order valence-electron chi connectivity index (χ1n) is 10.2. The van der Waals surface area contributed by atoms with Crippen LogP contribution in [-0.2, 0) is 14.4 Å². The molecule has 0 atom stereocenters. The molecule has 1 saturated carbocycles. The van der Waals surface area contributed by atoms with Gasteiger partial charge in [0.15, 0.2) is 0 Å². The Labute approximate surface area is 167 Å². The lowest BCUT2D eigenvalue weighted by Gasteiger charge is -2.33. The van der Waals surface area contributed by atoms with Crippen molar-refractivity contribution in [1.82, 2.24) is 9.80 Å². The molecule has 28 heavy (non-hydrogen) atoms. The van der Waals surface area contributed by atoms with Crippen molar-refractivity contribution in [2.24, 2.45) is 11.8 Å². The fourth-order valence-corrected chi connectivity index (χ4v) is 4.10. The molecule has 2 aliphatic rings.